The van der Waals surface area contributed by atoms with E-state index in [0.717, 1.165) is 39.7 Å². The van der Waals surface area contributed by atoms with Crippen molar-refractivity contribution in [2.24, 2.45) is 4.99 Å². The van der Waals surface area contributed by atoms with Gasteiger partial charge < -0.3 is 19.3 Å². The maximum atomic E-state index is 13.3. The average molecular weight is 456 g/mol. The summed E-state index contributed by atoms with van der Waals surface area (Å²) < 4.78 is 11.7. The number of methoxy groups -OCH3 is 1. The quantitative estimate of drug-likeness (QED) is 0.523. The number of hydrogen-bond donors (Lipinski definition) is 0. The lowest BCUT2D eigenvalue weighted by atomic mass is 10.1. The number of piperazine rings is 1. The number of nitrogens with zero attached hydrogens (tertiary/aromatic N) is 3. The third-order valence-electron chi connectivity index (χ3n) is 6.46. The topological polar surface area (TPSA) is 54.4 Å². The first-order valence-electron chi connectivity index (χ1n) is 11.6. The van der Waals surface area contributed by atoms with Gasteiger partial charge in [0.2, 0.25) is 0 Å². The summed E-state index contributed by atoms with van der Waals surface area (Å²) in [6, 6.07) is 19.7. The van der Waals surface area contributed by atoms with E-state index in [4.69, 9.17) is 14.5 Å². The van der Waals surface area contributed by atoms with E-state index in [0.29, 0.717) is 30.9 Å². The van der Waals surface area contributed by atoms with Gasteiger partial charge in [-0.1, -0.05) is 29.8 Å². The maximum absolute atomic E-state index is 13.3. The minimum Gasteiger partial charge on any atom is -0.496 e. The second-order valence-electron chi connectivity index (χ2n) is 9.00. The standard InChI is InChI=1S/C28H29N3O3/c1-18-10-12-25-22(15-18)27(29-23-11-9-19(2)16-26(23)34-25)30-13-14-31(20(3)17-30)28(32)21-7-5-6-8-24(21)33-4/h5-12,15-16,20H,13-14,17H2,1-4H3. The highest BCUT2D eigenvalue weighted by Gasteiger charge is 2.32. The van der Waals surface area contributed by atoms with Crippen molar-refractivity contribution >= 4 is 17.4 Å². The molecule has 2 aliphatic rings. The lowest BCUT2D eigenvalue weighted by Crippen LogP contribution is -2.55. The Balaban J connectivity index is 1.47. The first-order valence-corrected chi connectivity index (χ1v) is 11.6. The second-order valence-corrected chi connectivity index (χ2v) is 9.00. The van der Waals surface area contributed by atoms with E-state index in [1.165, 1.54) is 0 Å². The number of benzene rings is 3. The second kappa shape index (κ2) is 8.86. The van der Waals surface area contributed by atoms with Gasteiger partial charge in [0.05, 0.1) is 18.2 Å². The number of para-hydroxylation sites is 1. The van der Waals surface area contributed by atoms with E-state index in [-0.39, 0.29) is 11.9 Å². The van der Waals surface area contributed by atoms with Gasteiger partial charge in [0.15, 0.2) is 5.75 Å². The summed E-state index contributed by atoms with van der Waals surface area (Å²) in [5, 5.41) is 0. The Morgan fingerprint density at radius 3 is 2.56 bits per heavy atom. The summed E-state index contributed by atoms with van der Waals surface area (Å²) in [5.41, 5.74) is 4.66. The van der Waals surface area contributed by atoms with Gasteiger partial charge >= 0.3 is 0 Å². The third kappa shape index (κ3) is 4.00. The van der Waals surface area contributed by atoms with Gasteiger partial charge in [0, 0.05) is 25.7 Å². The van der Waals surface area contributed by atoms with Gasteiger partial charge in [-0.05, 0) is 62.7 Å². The van der Waals surface area contributed by atoms with E-state index >= 15 is 0 Å². The molecule has 0 N–H and O–H groups in total. The monoisotopic (exact) mass is 455 g/mol. The SMILES string of the molecule is COc1ccccc1C(=O)N1CCN(C2=Nc3ccc(C)cc3Oc3ccc(C)cc32)CC1C. The molecule has 2 aliphatic heterocycles. The fourth-order valence-electron chi connectivity index (χ4n) is 4.66. The predicted molar refractivity (Wildman–Crippen MR) is 134 cm³/mol. The molecule has 2 heterocycles. The van der Waals surface area contributed by atoms with E-state index in [1.54, 1.807) is 7.11 Å². The Hall–Kier alpha value is -3.80. The number of amides is 1. The molecule has 1 fully saturated rings. The van der Waals surface area contributed by atoms with Crippen molar-refractivity contribution in [3.8, 4) is 17.2 Å². The first-order chi connectivity index (χ1) is 16.4. The van der Waals surface area contributed by atoms with Crippen LogP contribution in [0.1, 0.15) is 34.0 Å². The number of aliphatic imine (C=N–C) groups is 1. The van der Waals surface area contributed by atoms with E-state index in [1.807, 2.05) is 47.4 Å². The molecule has 174 valence electrons. The maximum Gasteiger partial charge on any atom is 0.257 e. The van der Waals surface area contributed by atoms with Crippen molar-refractivity contribution in [3.63, 3.8) is 0 Å². The lowest BCUT2D eigenvalue weighted by Gasteiger charge is -2.41. The molecule has 3 aromatic rings. The van der Waals surface area contributed by atoms with Crippen LogP contribution in [0, 0.1) is 13.8 Å². The van der Waals surface area contributed by atoms with Crippen LogP contribution in [0.4, 0.5) is 5.69 Å². The number of amidine groups is 1. The van der Waals surface area contributed by atoms with Crippen LogP contribution in [0.25, 0.3) is 0 Å². The van der Waals surface area contributed by atoms with Gasteiger partial charge in [-0.3, -0.25) is 4.79 Å². The van der Waals surface area contributed by atoms with Gasteiger partial charge in [0.1, 0.15) is 23.0 Å². The highest BCUT2D eigenvalue weighted by molar-refractivity contribution is 6.04. The molecule has 1 amide bonds. The lowest BCUT2D eigenvalue weighted by molar-refractivity contribution is 0.0578. The van der Waals surface area contributed by atoms with E-state index in [2.05, 4.69) is 43.9 Å². The minimum absolute atomic E-state index is 0.00350. The first kappa shape index (κ1) is 22.0. The highest BCUT2D eigenvalue weighted by Crippen LogP contribution is 2.39. The number of carbonyl (C=O) groups excluding carboxylic acids is 1. The molecule has 5 rings (SSSR count). The summed E-state index contributed by atoms with van der Waals surface area (Å²) >= 11 is 0. The predicted octanol–water partition coefficient (Wildman–Crippen LogP) is 5.34. The Morgan fingerprint density at radius 2 is 1.76 bits per heavy atom. The zero-order valence-corrected chi connectivity index (χ0v) is 20.0. The van der Waals surface area contributed by atoms with Crippen molar-refractivity contribution in [2.75, 3.05) is 26.7 Å². The van der Waals surface area contributed by atoms with Crippen LogP contribution in [-0.2, 0) is 0 Å². The molecule has 0 spiro atoms. The van der Waals surface area contributed by atoms with Gasteiger partial charge in [-0.15, -0.1) is 0 Å². The molecule has 1 saturated heterocycles. The van der Waals surface area contributed by atoms with Crippen LogP contribution in [0.5, 0.6) is 17.2 Å². The molecule has 6 nitrogen and oxygen atoms in total. The molecule has 0 radical (unpaired) electrons. The van der Waals surface area contributed by atoms with Crippen molar-refractivity contribution in [3.05, 3.63) is 82.9 Å². The van der Waals surface area contributed by atoms with E-state index in [9.17, 15) is 4.79 Å². The van der Waals surface area contributed by atoms with Gasteiger partial charge in [-0.2, -0.15) is 0 Å². The summed E-state index contributed by atoms with van der Waals surface area (Å²) in [7, 11) is 1.60. The van der Waals surface area contributed by atoms with Crippen LogP contribution in [-0.4, -0.2) is 54.3 Å². The summed E-state index contributed by atoms with van der Waals surface area (Å²) in [4.78, 5) is 22.6. The van der Waals surface area contributed by atoms with Crippen molar-refractivity contribution in [2.45, 2.75) is 26.8 Å². The number of fused-ring (bicyclic) bond motifs is 2. The number of hydrogen-bond acceptors (Lipinski definition) is 5. The molecule has 1 unspecified atom stereocenters. The van der Waals surface area contributed by atoms with E-state index < -0.39 is 0 Å². The van der Waals surface area contributed by atoms with Crippen LogP contribution in [0.3, 0.4) is 0 Å². The van der Waals surface area contributed by atoms with Crippen LogP contribution >= 0.6 is 0 Å². The summed E-state index contributed by atoms with van der Waals surface area (Å²) in [6.45, 7) is 8.16. The molecule has 0 saturated carbocycles. The largest absolute Gasteiger partial charge is 0.496 e. The van der Waals surface area contributed by atoms with Crippen molar-refractivity contribution < 1.29 is 14.3 Å². The fraction of sp³-hybridized carbons (Fsp3) is 0.286. The molecular formula is C28H29N3O3. The molecular weight excluding hydrogens is 426 g/mol. The molecule has 0 aromatic heterocycles. The number of rotatable bonds is 2. The molecule has 0 aliphatic carbocycles. The Morgan fingerprint density at radius 1 is 1.00 bits per heavy atom. The van der Waals surface area contributed by atoms with Crippen LogP contribution in [0.2, 0.25) is 0 Å². The number of carbonyl (C=O) groups is 1. The Labute approximate surface area is 200 Å². The van der Waals surface area contributed by atoms with Crippen LogP contribution < -0.4 is 9.47 Å². The Kier molecular flexibility index (Phi) is 5.74. The molecule has 0 bridgehead atoms. The normalized spacial score (nSPS) is 17.2. The zero-order chi connectivity index (χ0) is 23.8. The van der Waals surface area contributed by atoms with Crippen LogP contribution in [0.15, 0.2) is 65.7 Å². The Bertz CT molecular complexity index is 1280. The summed E-state index contributed by atoms with van der Waals surface area (Å²) in [6.07, 6.45) is 0. The van der Waals surface area contributed by atoms with Crippen molar-refractivity contribution in [1.82, 2.24) is 9.80 Å². The molecule has 6 heteroatoms. The molecule has 3 aromatic carbocycles. The van der Waals surface area contributed by atoms with Crippen molar-refractivity contribution in [1.29, 1.82) is 0 Å². The smallest absolute Gasteiger partial charge is 0.257 e. The number of ether oxygens (including phenoxy) is 2. The van der Waals surface area contributed by atoms with Gasteiger partial charge in [-0.25, -0.2) is 4.99 Å². The highest BCUT2D eigenvalue weighted by atomic mass is 16.5. The minimum atomic E-state index is -0.00666. The molecule has 34 heavy (non-hydrogen) atoms. The fourth-order valence-corrected chi connectivity index (χ4v) is 4.66. The third-order valence-corrected chi connectivity index (χ3v) is 6.46. The average Bonchev–Trinajstić information content (AvgIpc) is 2.99. The van der Waals surface area contributed by atoms with Gasteiger partial charge in [0.25, 0.3) is 5.91 Å². The summed E-state index contributed by atoms with van der Waals surface area (Å²) in [5.74, 6) is 3.04. The zero-order valence-electron chi connectivity index (χ0n) is 20.0. The number of aryl methyl sites for hydroxylation is 2. The molecule has 1 atom stereocenters.